The zero-order valence-corrected chi connectivity index (χ0v) is 17.5. The van der Waals surface area contributed by atoms with Gasteiger partial charge in [-0.2, -0.15) is 0 Å². The lowest BCUT2D eigenvalue weighted by molar-refractivity contribution is 0.461. The van der Waals surface area contributed by atoms with Crippen molar-refractivity contribution in [1.29, 1.82) is 0 Å². The van der Waals surface area contributed by atoms with E-state index in [1.807, 2.05) is 12.1 Å². The zero-order chi connectivity index (χ0) is 18.4. The van der Waals surface area contributed by atoms with Gasteiger partial charge in [0.05, 0.1) is 26.6 Å². The molecular weight excluding hydrogens is 479 g/mol. The highest BCUT2D eigenvalue weighted by Crippen LogP contribution is 2.38. The summed E-state index contributed by atoms with van der Waals surface area (Å²) in [6.07, 6.45) is 1.71. The molecule has 0 spiro atoms. The van der Waals surface area contributed by atoms with E-state index in [0.29, 0.717) is 9.50 Å². The van der Waals surface area contributed by atoms with Crippen molar-refractivity contribution in [3.63, 3.8) is 0 Å². The van der Waals surface area contributed by atoms with Crippen LogP contribution < -0.4 is 0 Å². The summed E-state index contributed by atoms with van der Waals surface area (Å²) in [5.41, 5.74) is 3.16. The maximum absolute atomic E-state index is 13.4. The van der Waals surface area contributed by atoms with Gasteiger partial charge in [-0.25, -0.2) is 4.21 Å². The minimum absolute atomic E-state index is 0.126. The molecule has 1 atom stereocenters. The van der Waals surface area contributed by atoms with E-state index in [0.717, 1.165) is 21.5 Å². The molecule has 4 nitrogen and oxygen atoms in total. The van der Waals surface area contributed by atoms with Crippen molar-refractivity contribution in [2.75, 3.05) is 0 Å². The predicted molar refractivity (Wildman–Crippen MR) is 111 cm³/mol. The molecule has 0 aliphatic carbocycles. The fraction of sp³-hybridized carbons (Fsp3) is 0. The van der Waals surface area contributed by atoms with Crippen molar-refractivity contribution in [3.8, 4) is 16.3 Å². The van der Waals surface area contributed by atoms with E-state index in [1.165, 1.54) is 11.3 Å². The average Bonchev–Trinajstić information content (AvgIpc) is 3.24. The van der Waals surface area contributed by atoms with E-state index < -0.39 is 11.0 Å². The molecule has 0 radical (unpaired) electrons. The molecule has 2 aromatic heterocycles. The molecule has 0 bridgehead atoms. The Morgan fingerprint density at radius 3 is 2.73 bits per heavy atom. The molecule has 4 aromatic rings. The van der Waals surface area contributed by atoms with Gasteiger partial charge < -0.3 is 5.11 Å². The van der Waals surface area contributed by atoms with Gasteiger partial charge in [-0.05, 0) is 36.4 Å². The van der Waals surface area contributed by atoms with Gasteiger partial charge >= 0.3 is 0 Å². The first-order valence-electron chi connectivity index (χ1n) is 7.26. The third-order valence-electron chi connectivity index (χ3n) is 3.75. The summed E-state index contributed by atoms with van der Waals surface area (Å²) in [6.45, 7) is 0. The van der Waals surface area contributed by atoms with Gasteiger partial charge in [-0.15, -0.1) is 11.3 Å². The van der Waals surface area contributed by atoms with Crippen molar-refractivity contribution in [3.05, 3.63) is 62.6 Å². The fourth-order valence-corrected chi connectivity index (χ4v) is 5.88. The fourth-order valence-electron chi connectivity index (χ4n) is 2.63. The number of phenols is 1. The number of aromatic nitrogens is 2. The van der Waals surface area contributed by atoms with Gasteiger partial charge in [0, 0.05) is 21.1 Å². The normalized spacial score (nSPS) is 12.6. The number of halogens is 3. The zero-order valence-electron chi connectivity index (χ0n) is 12.8. The maximum Gasteiger partial charge on any atom is 0.161 e. The predicted octanol–water partition coefficient (Wildman–Crippen LogP) is 6.11. The average molecular weight is 488 g/mol. The Morgan fingerprint density at radius 1 is 1.19 bits per heavy atom. The van der Waals surface area contributed by atoms with Crippen LogP contribution in [0.1, 0.15) is 0 Å². The molecule has 0 saturated carbocycles. The number of hydrogen-bond donors (Lipinski definition) is 1. The highest BCUT2D eigenvalue weighted by Gasteiger charge is 2.22. The summed E-state index contributed by atoms with van der Waals surface area (Å²) >= 11 is 16.9. The first kappa shape index (κ1) is 18.0. The summed E-state index contributed by atoms with van der Waals surface area (Å²) in [6, 6.07) is 10.4. The lowest BCUT2D eigenvalue weighted by Crippen LogP contribution is -2.06. The van der Waals surface area contributed by atoms with Crippen molar-refractivity contribution in [2.45, 2.75) is 4.90 Å². The Hall–Kier alpha value is -1.38. The molecule has 9 heteroatoms. The molecular formula is C17H9BrCl2N2O2S2. The Morgan fingerprint density at radius 2 is 2.00 bits per heavy atom. The van der Waals surface area contributed by atoms with Crippen molar-refractivity contribution >= 4 is 72.4 Å². The number of fused-ring (bicyclic) bond motifs is 1. The van der Waals surface area contributed by atoms with Crippen LogP contribution in [0.25, 0.3) is 21.5 Å². The van der Waals surface area contributed by atoms with Crippen LogP contribution in [0.15, 0.2) is 57.5 Å². The number of phenolic OH excluding ortho intramolecular Hbond substituents is 1. The monoisotopic (exact) mass is 486 g/mol. The molecule has 0 saturated heterocycles. The van der Waals surface area contributed by atoms with Gasteiger partial charge in [0.15, 0.2) is 16.7 Å². The van der Waals surface area contributed by atoms with Crippen molar-refractivity contribution < 1.29 is 9.32 Å². The van der Waals surface area contributed by atoms with Gasteiger partial charge in [0.2, 0.25) is 0 Å². The first-order valence-corrected chi connectivity index (χ1v) is 10.8. The number of rotatable bonds is 3. The Kier molecular flexibility index (Phi) is 4.83. The van der Waals surface area contributed by atoms with E-state index in [-0.39, 0.29) is 15.7 Å². The number of aromatic hydroxyl groups is 1. The third kappa shape index (κ3) is 3.08. The summed E-state index contributed by atoms with van der Waals surface area (Å²) < 4.78 is 15.7. The molecule has 1 unspecified atom stereocenters. The SMILES string of the molecule is O=S(c1cc(Br)cc(Cl)c1O)n1c(-c2cncs2)cc2cc(Cl)ccc21. The van der Waals surface area contributed by atoms with E-state index >= 15 is 0 Å². The molecule has 0 fully saturated rings. The number of thiazole rings is 1. The molecule has 26 heavy (non-hydrogen) atoms. The molecule has 2 aromatic carbocycles. The first-order chi connectivity index (χ1) is 12.5. The van der Waals surface area contributed by atoms with Crippen LogP contribution in [0.3, 0.4) is 0 Å². The van der Waals surface area contributed by atoms with Gasteiger partial charge in [0.1, 0.15) is 4.90 Å². The quantitative estimate of drug-likeness (QED) is 0.379. The standard InChI is InChI=1S/C17H9BrCl2N2O2S2/c18-10-5-12(20)17(23)16(6-10)26(24)22-13-2-1-11(19)3-9(13)4-14(22)15-7-21-8-25-15/h1-8,23H. The molecule has 1 N–H and O–H groups in total. The molecule has 132 valence electrons. The van der Waals surface area contributed by atoms with Crippen LogP contribution in [0.2, 0.25) is 10.0 Å². The minimum Gasteiger partial charge on any atom is -0.505 e. The highest BCUT2D eigenvalue weighted by molar-refractivity contribution is 9.10. The molecule has 2 heterocycles. The smallest absolute Gasteiger partial charge is 0.161 e. The van der Waals surface area contributed by atoms with E-state index in [9.17, 15) is 9.32 Å². The van der Waals surface area contributed by atoms with E-state index in [4.69, 9.17) is 23.2 Å². The number of benzene rings is 2. The minimum atomic E-state index is -1.74. The van der Waals surface area contributed by atoms with Gasteiger partial charge in [-0.1, -0.05) is 39.1 Å². The largest absolute Gasteiger partial charge is 0.505 e. The molecule has 0 aliphatic rings. The lowest BCUT2D eigenvalue weighted by atomic mass is 10.2. The second-order valence-corrected chi connectivity index (χ2v) is 9.33. The van der Waals surface area contributed by atoms with Gasteiger partial charge in [0.25, 0.3) is 0 Å². The molecule has 0 amide bonds. The maximum atomic E-state index is 13.4. The van der Waals surface area contributed by atoms with Crippen molar-refractivity contribution in [1.82, 2.24) is 8.96 Å². The summed E-state index contributed by atoms with van der Waals surface area (Å²) in [4.78, 5) is 5.17. The molecule has 4 rings (SSSR count). The van der Waals surface area contributed by atoms with Crippen LogP contribution >= 0.6 is 50.5 Å². The summed E-state index contributed by atoms with van der Waals surface area (Å²) in [7, 11) is -1.74. The van der Waals surface area contributed by atoms with Crippen LogP contribution in [0.4, 0.5) is 0 Å². The lowest BCUT2D eigenvalue weighted by Gasteiger charge is -2.12. The summed E-state index contributed by atoms with van der Waals surface area (Å²) in [5, 5.41) is 11.9. The number of hydrogen-bond acceptors (Lipinski definition) is 4. The van der Waals surface area contributed by atoms with Crippen LogP contribution in [0.5, 0.6) is 5.75 Å². The third-order valence-corrected chi connectivity index (χ3v) is 6.94. The van der Waals surface area contributed by atoms with Crippen LogP contribution in [0, 0.1) is 0 Å². The molecule has 0 aliphatic heterocycles. The highest BCUT2D eigenvalue weighted by atomic mass is 79.9. The Bertz CT molecular complexity index is 1160. The van der Waals surface area contributed by atoms with Gasteiger partial charge in [-0.3, -0.25) is 8.96 Å². The second-order valence-electron chi connectivity index (χ2n) is 5.38. The van der Waals surface area contributed by atoms with E-state index in [2.05, 4.69) is 20.9 Å². The Labute approximate surface area is 173 Å². The summed E-state index contributed by atoms with van der Waals surface area (Å²) in [5.74, 6) is -0.209. The Balaban J connectivity index is 2.01. The van der Waals surface area contributed by atoms with Crippen molar-refractivity contribution in [2.24, 2.45) is 0 Å². The topological polar surface area (TPSA) is 55.1 Å². The second kappa shape index (κ2) is 6.98. The van der Waals surface area contributed by atoms with Crippen LogP contribution in [-0.2, 0) is 11.0 Å². The van der Waals surface area contributed by atoms with Crippen LogP contribution in [-0.4, -0.2) is 18.3 Å². The van der Waals surface area contributed by atoms with E-state index in [1.54, 1.807) is 39.9 Å². The number of nitrogens with zero attached hydrogens (tertiary/aromatic N) is 2.